The van der Waals surface area contributed by atoms with E-state index in [1.54, 1.807) is 17.7 Å². The highest BCUT2D eigenvalue weighted by Crippen LogP contribution is 2.17. The number of aromatic nitrogens is 3. The average molecular weight is 358 g/mol. The van der Waals surface area contributed by atoms with Crippen molar-refractivity contribution >= 4 is 33.6 Å². The molecule has 0 aliphatic carbocycles. The summed E-state index contributed by atoms with van der Waals surface area (Å²) < 4.78 is 30.9. The Balaban J connectivity index is 2.16. The number of ether oxygens (including phenoxy) is 1. The lowest BCUT2D eigenvalue weighted by Gasteiger charge is -2.09. The molecular formula is C12H12ClN5O4S. The van der Waals surface area contributed by atoms with Crippen LogP contribution in [0.1, 0.15) is 5.69 Å². The summed E-state index contributed by atoms with van der Waals surface area (Å²) in [5.74, 6) is 0.123. The predicted octanol–water partition coefficient (Wildman–Crippen LogP) is 1.35. The normalized spacial score (nSPS) is 10.9. The van der Waals surface area contributed by atoms with Crippen molar-refractivity contribution in [3.05, 3.63) is 35.2 Å². The summed E-state index contributed by atoms with van der Waals surface area (Å²) >= 11 is 5.71. The van der Waals surface area contributed by atoms with E-state index in [1.807, 2.05) is 0 Å². The van der Waals surface area contributed by atoms with Crippen molar-refractivity contribution in [3.63, 3.8) is 0 Å². The minimum atomic E-state index is -4.18. The highest BCUT2D eigenvalue weighted by Gasteiger charge is 2.21. The van der Waals surface area contributed by atoms with Crippen molar-refractivity contribution in [1.29, 1.82) is 0 Å². The van der Waals surface area contributed by atoms with Crippen molar-refractivity contribution in [3.8, 4) is 5.88 Å². The summed E-state index contributed by atoms with van der Waals surface area (Å²) in [6.45, 7) is 1.67. The number of amides is 2. The second-order valence-electron chi connectivity index (χ2n) is 4.23. The molecule has 9 nitrogen and oxygen atoms in total. The molecule has 122 valence electrons. The molecule has 0 bridgehead atoms. The Hall–Kier alpha value is -2.46. The lowest BCUT2D eigenvalue weighted by molar-refractivity contribution is 0.256. The summed E-state index contributed by atoms with van der Waals surface area (Å²) in [6.07, 6.45) is 1.33. The zero-order valence-corrected chi connectivity index (χ0v) is 13.6. The molecule has 11 heteroatoms. The van der Waals surface area contributed by atoms with Gasteiger partial charge in [0.15, 0.2) is 0 Å². The van der Waals surface area contributed by atoms with E-state index in [0.29, 0.717) is 5.69 Å². The van der Waals surface area contributed by atoms with Crippen molar-refractivity contribution in [2.24, 2.45) is 0 Å². The summed E-state index contributed by atoms with van der Waals surface area (Å²) in [5.41, 5.74) is 0.533. The molecule has 2 aromatic rings. The highest BCUT2D eigenvalue weighted by atomic mass is 35.5. The highest BCUT2D eigenvalue weighted by molar-refractivity contribution is 7.90. The lowest BCUT2D eigenvalue weighted by Crippen LogP contribution is -2.35. The number of nitrogens with one attached hydrogen (secondary N) is 2. The first-order valence-electron chi connectivity index (χ1n) is 6.16. The number of aryl methyl sites for hydroxylation is 1. The molecule has 0 aliphatic rings. The van der Waals surface area contributed by atoms with Crippen molar-refractivity contribution in [2.45, 2.75) is 11.8 Å². The molecule has 0 radical (unpaired) electrons. The van der Waals surface area contributed by atoms with Gasteiger partial charge in [-0.25, -0.2) is 27.9 Å². The number of pyridine rings is 1. The molecule has 0 atom stereocenters. The summed E-state index contributed by atoms with van der Waals surface area (Å²) in [5, 5.41) is 1.96. The molecule has 2 amide bonds. The first-order chi connectivity index (χ1) is 10.8. The van der Waals surface area contributed by atoms with Gasteiger partial charge >= 0.3 is 6.03 Å². The number of methoxy groups -OCH3 is 1. The maximum absolute atomic E-state index is 12.1. The van der Waals surface area contributed by atoms with Gasteiger partial charge in [0, 0.05) is 18.0 Å². The fraction of sp³-hybridized carbons (Fsp3) is 0.167. The van der Waals surface area contributed by atoms with E-state index in [9.17, 15) is 13.2 Å². The van der Waals surface area contributed by atoms with Crippen molar-refractivity contribution < 1.29 is 17.9 Å². The minimum Gasteiger partial charge on any atom is -0.481 e. The van der Waals surface area contributed by atoms with Gasteiger partial charge in [-0.15, -0.1) is 0 Å². The molecule has 2 heterocycles. The van der Waals surface area contributed by atoms with Crippen LogP contribution in [-0.2, 0) is 10.0 Å². The monoisotopic (exact) mass is 357 g/mol. The van der Waals surface area contributed by atoms with Crippen LogP contribution in [0.3, 0.4) is 0 Å². The number of halogens is 1. The number of carbonyl (C=O) groups is 1. The van der Waals surface area contributed by atoms with Crippen LogP contribution in [0, 0.1) is 6.92 Å². The van der Waals surface area contributed by atoms with Crippen LogP contribution in [0.5, 0.6) is 5.88 Å². The number of hydrogen-bond donors (Lipinski definition) is 2. The molecule has 0 saturated heterocycles. The average Bonchev–Trinajstić information content (AvgIpc) is 2.46. The van der Waals surface area contributed by atoms with Crippen molar-refractivity contribution in [2.75, 3.05) is 12.4 Å². The Kier molecular flexibility index (Phi) is 4.96. The van der Waals surface area contributed by atoms with Crippen LogP contribution in [0.25, 0.3) is 0 Å². The quantitative estimate of drug-likeness (QED) is 0.791. The Morgan fingerprint density at radius 1 is 1.35 bits per heavy atom. The standard InChI is InChI=1S/C12H12ClN5O4S/c1-7-6-9(22-2)16-11(15-7)17-12(19)18-23(20,21)8-4-3-5-14-10(8)13/h3-6H,1-2H3,(H2,15,16,17,18,19). The second kappa shape index (κ2) is 6.75. The second-order valence-corrected chi connectivity index (χ2v) is 6.24. The minimum absolute atomic E-state index is 0.105. The summed E-state index contributed by atoms with van der Waals surface area (Å²) in [7, 11) is -2.78. The molecule has 23 heavy (non-hydrogen) atoms. The van der Waals surface area contributed by atoms with Crippen LogP contribution in [0.2, 0.25) is 5.15 Å². The molecule has 0 unspecified atom stereocenters. The maximum atomic E-state index is 12.1. The number of anilines is 1. The van der Waals surface area contributed by atoms with Crippen molar-refractivity contribution in [1.82, 2.24) is 19.7 Å². The molecule has 0 fully saturated rings. The van der Waals surface area contributed by atoms with E-state index in [0.717, 1.165) is 0 Å². The Labute approximate surface area is 137 Å². The number of hydrogen-bond acceptors (Lipinski definition) is 7. The molecule has 0 saturated carbocycles. The van der Waals surface area contributed by atoms with Crippen LogP contribution in [-0.4, -0.2) is 36.5 Å². The molecule has 0 aliphatic heterocycles. The van der Waals surface area contributed by atoms with Crippen LogP contribution >= 0.6 is 11.6 Å². The van der Waals surface area contributed by atoms with Crippen LogP contribution in [0.15, 0.2) is 29.3 Å². The fourth-order valence-electron chi connectivity index (χ4n) is 1.58. The third kappa shape index (κ3) is 4.27. The Morgan fingerprint density at radius 3 is 2.74 bits per heavy atom. The van der Waals surface area contributed by atoms with Gasteiger partial charge in [0.2, 0.25) is 11.8 Å². The van der Waals surface area contributed by atoms with E-state index in [2.05, 4.69) is 20.3 Å². The number of rotatable bonds is 4. The van der Waals surface area contributed by atoms with Gasteiger partial charge in [0.05, 0.1) is 7.11 Å². The topological polar surface area (TPSA) is 123 Å². The maximum Gasteiger partial charge on any atom is 0.335 e. The fourth-order valence-corrected chi connectivity index (χ4v) is 2.94. The molecule has 0 spiro atoms. The summed E-state index contributed by atoms with van der Waals surface area (Å²) in [4.78, 5) is 23.0. The number of urea groups is 1. The van der Waals surface area contributed by atoms with Gasteiger partial charge in [0.1, 0.15) is 10.0 Å². The van der Waals surface area contributed by atoms with Crippen LogP contribution < -0.4 is 14.8 Å². The third-order valence-corrected chi connectivity index (χ3v) is 4.28. The molecule has 2 rings (SSSR count). The van der Waals surface area contributed by atoms with Crippen LogP contribution in [0.4, 0.5) is 10.7 Å². The predicted molar refractivity (Wildman–Crippen MR) is 81.9 cm³/mol. The van der Waals surface area contributed by atoms with Gasteiger partial charge < -0.3 is 4.74 Å². The van der Waals surface area contributed by atoms with E-state index >= 15 is 0 Å². The van der Waals surface area contributed by atoms with Gasteiger partial charge in [-0.1, -0.05) is 11.6 Å². The number of nitrogens with zero attached hydrogens (tertiary/aromatic N) is 3. The van der Waals surface area contributed by atoms with E-state index in [-0.39, 0.29) is 21.9 Å². The zero-order chi connectivity index (χ0) is 17.0. The first-order valence-corrected chi connectivity index (χ1v) is 8.02. The Morgan fingerprint density at radius 2 is 2.09 bits per heavy atom. The third-order valence-electron chi connectivity index (χ3n) is 2.51. The van der Waals surface area contributed by atoms with Gasteiger partial charge in [-0.05, 0) is 19.1 Å². The van der Waals surface area contributed by atoms with Gasteiger partial charge in [-0.3, -0.25) is 5.32 Å². The van der Waals surface area contributed by atoms with Gasteiger partial charge in [0.25, 0.3) is 10.0 Å². The first kappa shape index (κ1) is 16.9. The van der Waals surface area contributed by atoms with E-state index in [1.165, 1.54) is 25.4 Å². The summed E-state index contributed by atoms with van der Waals surface area (Å²) in [6, 6.07) is 3.11. The zero-order valence-electron chi connectivity index (χ0n) is 12.1. The van der Waals surface area contributed by atoms with E-state index < -0.39 is 16.1 Å². The lowest BCUT2D eigenvalue weighted by atomic mass is 10.4. The molecule has 2 aromatic heterocycles. The largest absolute Gasteiger partial charge is 0.481 e. The van der Waals surface area contributed by atoms with E-state index in [4.69, 9.17) is 16.3 Å². The SMILES string of the molecule is COc1cc(C)nc(NC(=O)NS(=O)(=O)c2cccnc2Cl)n1. The van der Waals surface area contributed by atoms with Gasteiger partial charge in [-0.2, -0.15) is 4.98 Å². The molecule has 0 aromatic carbocycles. The number of sulfonamides is 1. The smallest absolute Gasteiger partial charge is 0.335 e. The Bertz CT molecular complexity index is 843. The molecular weight excluding hydrogens is 346 g/mol. The molecule has 2 N–H and O–H groups in total. The number of carbonyl (C=O) groups excluding carboxylic acids is 1.